The van der Waals surface area contributed by atoms with Gasteiger partial charge in [0.1, 0.15) is 11.9 Å². The third kappa shape index (κ3) is 3.87. The second kappa shape index (κ2) is 6.80. The van der Waals surface area contributed by atoms with Crippen LogP contribution in [-0.2, 0) is 11.2 Å². The molecule has 2 amide bonds. The van der Waals surface area contributed by atoms with Gasteiger partial charge >= 0.3 is 12.0 Å². The number of halogens is 1. The van der Waals surface area contributed by atoms with Gasteiger partial charge in [-0.05, 0) is 36.6 Å². The first kappa shape index (κ1) is 15.6. The summed E-state index contributed by atoms with van der Waals surface area (Å²) >= 11 is 1.42. The molecule has 1 aromatic carbocycles. The lowest BCUT2D eigenvalue weighted by Crippen LogP contribution is -2.47. The van der Waals surface area contributed by atoms with Crippen LogP contribution in [0.4, 0.5) is 9.18 Å². The molecular weight excluding hydrogens is 295 g/mol. The monoisotopic (exact) mass is 312 g/mol. The van der Waals surface area contributed by atoms with Gasteiger partial charge in [0.2, 0.25) is 0 Å². The van der Waals surface area contributed by atoms with Crippen LogP contribution in [0.5, 0.6) is 0 Å². The van der Waals surface area contributed by atoms with Crippen molar-refractivity contribution in [2.24, 2.45) is 0 Å². The van der Waals surface area contributed by atoms with Crippen molar-refractivity contribution in [3.8, 4) is 0 Å². The van der Waals surface area contributed by atoms with E-state index in [1.807, 2.05) is 6.92 Å². The van der Waals surface area contributed by atoms with E-state index in [1.165, 1.54) is 28.8 Å². The number of nitrogens with one attached hydrogen (secondary N) is 1. The van der Waals surface area contributed by atoms with Crippen LogP contribution in [-0.4, -0.2) is 46.2 Å². The Hall–Kier alpha value is -1.76. The molecule has 1 aliphatic rings. The Labute approximate surface area is 126 Å². The lowest BCUT2D eigenvalue weighted by atomic mass is 10.1. The molecule has 0 spiro atoms. The molecule has 5 nitrogen and oxygen atoms in total. The van der Waals surface area contributed by atoms with E-state index in [-0.39, 0.29) is 11.8 Å². The number of hydrogen-bond acceptors (Lipinski definition) is 3. The second-order valence-electron chi connectivity index (χ2n) is 4.88. The third-order valence-electron chi connectivity index (χ3n) is 3.40. The molecule has 0 bridgehead atoms. The minimum atomic E-state index is -0.982. The third-order valence-corrected chi connectivity index (χ3v) is 4.42. The van der Waals surface area contributed by atoms with Crippen molar-refractivity contribution in [2.75, 3.05) is 18.2 Å². The van der Waals surface area contributed by atoms with Gasteiger partial charge in [-0.1, -0.05) is 6.07 Å². The number of carbonyl (C=O) groups excluding carboxylic acids is 1. The summed E-state index contributed by atoms with van der Waals surface area (Å²) in [5.41, 5.74) is 1.80. The fraction of sp³-hybridized carbons (Fsp3) is 0.429. The molecule has 0 saturated carbocycles. The minimum absolute atomic E-state index is 0.279. The number of amides is 2. The van der Waals surface area contributed by atoms with Gasteiger partial charge in [-0.25, -0.2) is 14.0 Å². The first-order valence-corrected chi connectivity index (χ1v) is 7.74. The number of thioether (sulfide) groups is 1. The lowest BCUT2D eigenvalue weighted by Gasteiger charge is -2.21. The van der Waals surface area contributed by atoms with Crippen LogP contribution >= 0.6 is 11.8 Å². The van der Waals surface area contributed by atoms with Crippen molar-refractivity contribution >= 4 is 23.8 Å². The van der Waals surface area contributed by atoms with Crippen LogP contribution in [0.2, 0.25) is 0 Å². The van der Waals surface area contributed by atoms with Crippen molar-refractivity contribution in [1.82, 2.24) is 10.2 Å². The SMILES string of the molecule is Cc1cc(F)ccc1CCNC(=O)N1CSCC1C(=O)O. The highest BCUT2D eigenvalue weighted by molar-refractivity contribution is 7.99. The highest BCUT2D eigenvalue weighted by atomic mass is 32.2. The highest BCUT2D eigenvalue weighted by Crippen LogP contribution is 2.20. The van der Waals surface area contributed by atoms with E-state index in [1.54, 1.807) is 6.07 Å². The molecule has 1 aliphatic heterocycles. The van der Waals surface area contributed by atoms with Crippen LogP contribution < -0.4 is 5.32 Å². The summed E-state index contributed by atoms with van der Waals surface area (Å²) in [5.74, 6) is -0.457. The predicted octanol–water partition coefficient (Wildman–Crippen LogP) is 1.85. The Morgan fingerprint density at radius 3 is 2.95 bits per heavy atom. The molecule has 0 aromatic heterocycles. The maximum Gasteiger partial charge on any atom is 0.327 e. The smallest absolute Gasteiger partial charge is 0.327 e. The van der Waals surface area contributed by atoms with Gasteiger partial charge in [-0.15, -0.1) is 11.8 Å². The van der Waals surface area contributed by atoms with E-state index >= 15 is 0 Å². The fourth-order valence-corrected chi connectivity index (χ4v) is 3.34. The highest BCUT2D eigenvalue weighted by Gasteiger charge is 2.34. The zero-order valence-electron chi connectivity index (χ0n) is 11.6. The summed E-state index contributed by atoms with van der Waals surface area (Å²) < 4.78 is 13.0. The molecule has 1 saturated heterocycles. The summed E-state index contributed by atoms with van der Waals surface area (Å²) in [6.45, 7) is 2.20. The van der Waals surface area contributed by atoms with Crippen LogP contribution in [0.15, 0.2) is 18.2 Å². The fourth-order valence-electron chi connectivity index (χ4n) is 2.19. The van der Waals surface area contributed by atoms with Gasteiger partial charge in [-0.2, -0.15) is 0 Å². The molecule has 1 aromatic rings. The van der Waals surface area contributed by atoms with E-state index < -0.39 is 12.0 Å². The average molecular weight is 312 g/mol. The number of aliphatic carboxylic acids is 1. The molecule has 2 rings (SSSR count). The predicted molar refractivity (Wildman–Crippen MR) is 78.8 cm³/mol. The minimum Gasteiger partial charge on any atom is -0.480 e. The topological polar surface area (TPSA) is 69.6 Å². The van der Waals surface area contributed by atoms with Crippen molar-refractivity contribution in [3.63, 3.8) is 0 Å². The Balaban J connectivity index is 1.85. The molecule has 1 unspecified atom stereocenters. The van der Waals surface area contributed by atoms with Gasteiger partial charge in [-0.3, -0.25) is 0 Å². The number of urea groups is 1. The van der Waals surface area contributed by atoms with E-state index in [0.717, 1.165) is 11.1 Å². The number of benzene rings is 1. The largest absolute Gasteiger partial charge is 0.480 e. The van der Waals surface area contributed by atoms with Crippen molar-refractivity contribution in [1.29, 1.82) is 0 Å². The molecule has 114 valence electrons. The number of rotatable bonds is 4. The first-order chi connectivity index (χ1) is 9.99. The maximum absolute atomic E-state index is 13.0. The second-order valence-corrected chi connectivity index (χ2v) is 5.88. The molecule has 1 fully saturated rings. The normalized spacial score (nSPS) is 17.8. The summed E-state index contributed by atoms with van der Waals surface area (Å²) in [6, 6.07) is 3.41. The Morgan fingerprint density at radius 1 is 1.52 bits per heavy atom. The standard InChI is InChI=1S/C14H17FN2O3S/c1-9-6-11(15)3-2-10(9)4-5-16-14(20)17-8-21-7-12(17)13(18)19/h2-3,6,12H,4-5,7-8H2,1H3,(H,16,20)(H,18,19). The molecular formula is C14H17FN2O3S. The molecule has 1 heterocycles. The number of carboxylic acid groups (broad SMARTS) is 1. The summed E-state index contributed by atoms with van der Waals surface area (Å²) in [7, 11) is 0. The molecule has 0 radical (unpaired) electrons. The van der Waals surface area contributed by atoms with Gasteiger partial charge in [0.15, 0.2) is 0 Å². The Bertz CT molecular complexity index is 553. The quantitative estimate of drug-likeness (QED) is 0.890. The number of nitrogens with zero attached hydrogens (tertiary/aromatic N) is 1. The van der Waals surface area contributed by atoms with Crippen molar-refractivity contribution in [2.45, 2.75) is 19.4 Å². The zero-order valence-corrected chi connectivity index (χ0v) is 12.5. The van der Waals surface area contributed by atoms with Crippen LogP contribution in [0.25, 0.3) is 0 Å². The number of carbonyl (C=O) groups is 2. The number of carboxylic acids is 1. The van der Waals surface area contributed by atoms with E-state index in [4.69, 9.17) is 5.11 Å². The Kier molecular flexibility index (Phi) is 5.06. The van der Waals surface area contributed by atoms with Gasteiger partial charge in [0.05, 0.1) is 5.88 Å². The summed E-state index contributed by atoms with van der Waals surface area (Å²) in [4.78, 5) is 24.3. The molecule has 1 atom stereocenters. The average Bonchev–Trinajstić information content (AvgIpc) is 2.90. The van der Waals surface area contributed by atoms with Crippen LogP contribution in [0.1, 0.15) is 11.1 Å². The summed E-state index contributed by atoms with van der Waals surface area (Å²) in [5, 5.41) is 11.7. The van der Waals surface area contributed by atoms with E-state index in [9.17, 15) is 14.0 Å². The maximum atomic E-state index is 13.0. The molecule has 21 heavy (non-hydrogen) atoms. The number of hydrogen-bond donors (Lipinski definition) is 2. The first-order valence-electron chi connectivity index (χ1n) is 6.59. The van der Waals surface area contributed by atoms with E-state index in [2.05, 4.69) is 5.32 Å². The molecule has 2 N–H and O–H groups in total. The van der Waals surface area contributed by atoms with Gasteiger partial charge in [0, 0.05) is 12.3 Å². The lowest BCUT2D eigenvalue weighted by molar-refractivity contribution is -0.140. The van der Waals surface area contributed by atoms with Crippen molar-refractivity contribution < 1.29 is 19.1 Å². The van der Waals surface area contributed by atoms with E-state index in [0.29, 0.717) is 24.6 Å². The molecule has 7 heteroatoms. The molecule has 0 aliphatic carbocycles. The van der Waals surface area contributed by atoms with Crippen LogP contribution in [0, 0.1) is 12.7 Å². The van der Waals surface area contributed by atoms with Crippen LogP contribution in [0.3, 0.4) is 0 Å². The van der Waals surface area contributed by atoms with Gasteiger partial charge in [0.25, 0.3) is 0 Å². The number of aryl methyl sites for hydroxylation is 1. The zero-order chi connectivity index (χ0) is 15.4. The van der Waals surface area contributed by atoms with Crippen molar-refractivity contribution in [3.05, 3.63) is 35.1 Å². The Morgan fingerprint density at radius 2 is 2.29 bits per heavy atom. The van der Waals surface area contributed by atoms with Gasteiger partial charge < -0.3 is 15.3 Å². The summed E-state index contributed by atoms with van der Waals surface area (Å²) in [6.07, 6.45) is 0.580.